The number of halogens is 1. The number of aromatic nitrogens is 4. The van der Waals surface area contributed by atoms with Crippen molar-refractivity contribution in [1.82, 2.24) is 19.5 Å². The number of hydrogen-bond donors (Lipinski definition) is 3. The maximum Gasteiger partial charge on any atom is 0.227 e. The second kappa shape index (κ2) is 9.04. The van der Waals surface area contributed by atoms with Gasteiger partial charge in [-0.2, -0.15) is 9.97 Å². The van der Waals surface area contributed by atoms with Crippen molar-refractivity contribution >= 4 is 45.5 Å². The minimum absolute atomic E-state index is 0.0215. The molecule has 0 aliphatic heterocycles. The van der Waals surface area contributed by atoms with E-state index in [0.29, 0.717) is 18.3 Å². The summed E-state index contributed by atoms with van der Waals surface area (Å²) in [7, 11) is 0. The average Bonchev–Trinajstić information content (AvgIpc) is 3.08. The molecule has 8 heteroatoms. The molecule has 3 N–H and O–H groups in total. The molecular weight excluding hydrogens is 467 g/mol. The van der Waals surface area contributed by atoms with E-state index < -0.39 is 0 Å². The smallest absolute Gasteiger partial charge is 0.227 e. The summed E-state index contributed by atoms with van der Waals surface area (Å²) in [6, 6.07) is 8.45. The Labute approximate surface area is 179 Å². The summed E-state index contributed by atoms with van der Waals surface area (Å²) >= 11 is 2.31. The van der Waals surface area contributed by atoms with Crippen LogP contribution in [-0.4, -0.2) is 37.3 Å². The van der Waals surface area contributed by atoms with Gasteiger partial charge < -0.3 is 20.3 Å². The molecule has 28 heavy (non-hydrogen) atoms. The van der Waals surface area contributed by atoms with Gasteiger partial charge in [0.25, 0.3) is 0 Å². The Hall–Kier alpha value is -1.94. The monoisotopic (exact) mass is 494 g/mol. The van der Waals surface area contributed by atoms with Gasteiger partial charge in [-0.3, -0.25) is 0 Å². The van der Waals surface area contributed by atoms with E-state index in [-0.39, 0.29) is 24.6 Å². The predicted molar refractivity (Wildman–Crippen MR) is 122 cm³/mol. The number of imidazole rings is 1. The van der Waals surface area contributed by atoms with Crippen molar-refractivity contribution in [2.75, 3.05) is 17.2 Å². The first-order valence-electron chi connectivity index (χ1n) is 9.49. The third kappa shape index (κ3) is 4.72. The van der Waals surface area contributed by atoms with Crippen molar-refractivity contribution in [3.63, 3.8) is 0 Å². The summed E-state index contributed by atoms with van der Waals surface area (Å²) in [6.45, 7) is 8.97. The molecule has 0 fully saturated rings. The molecule has 0 aliphatic rings. The molecule has 0 spiro atoms. The molecule has 7 nitrogen and oxygen atoms in total. The first kappa shape index (κ1) is 20.8. The Balaban J connectivity index is 1.96. The van der Waals surface area contributed by atoms with E-state index in [2.05, 4.69) is 94.1 Å². The van der Waals surface area contributed by atoms with Gasteiger partial charge in [0.1, 0.15) is 0 Å². The number of anilines is 2. The number of fused-ring (bicyclic) bond motifs is 1. The largest absolute Gasteiger partial charge is 0.394 e. The van der Waals surface area contributed by atoms with E-state index in [0.717, 1.165) is 11.2 Å². The van der Waals surface area contributed by atoms with Crippen molar-refractivity contribution in [3.05, 3.63) is 39.7 Å². The summed E-state index contributed by atoms with van der Waals surface area (Å²) in [6.07, 6.45) is 1.80. The first-order chi connectivity index (χ1) is 13.4. The molecule has 3 rings (SSSR count). The number of nitrogens with one attached hydrogen (secondary N) is 2. The van der Waals surface area contributed by atoms with E-state index in [4.69, 9.17) is 0 Å². The molecule has 0 unspecified atom stereocenters. The minimum atomic E-state index is -0.114. The van der Waals surface area contributed by atoms with Gasteiger partial charge in [-0.15, -0.1) is 0 Å². The van der Waals surface area contributed by atoms with E-state index in [1.807, 2.05) is 10.6 Å². The highest BCUT2D eigenvalue weighted by molar-refractivity contribution is 14.1. The second-order valence-corrected chi connectivity index (χ2v) is 8.72. The third-order valence-electron chi connectivity index (χ3n) is 4.64. The van der Waals surface area contributed by atoms with Crippen LogP contribution in [0.4, 0.5) is 11.8 Å². The van der Waals surface area contributed by atoms with E-state index in [9.17, 15) is 5.11 Å². The Morgan fingerprint density at radius 2 is 1.96 bits per heavy atom. The quantitative estimate of drug-likeness (QED) is 0.410. The zero-order chi connectivity index (χ0) is 20.3. The Morgan fingerprint density at radius 3 is 2.61 bits per heavy atom. The highest BCUT2D eigenvalue weighted by Crippen LogP contribution is 2.24. The number of rotatable bonds is 8. The highest BCUT2D eigenvalue weighted by Gasteiger charge is 2.18. The van der Waals surface area contributed by atoms with Gasteiger partial charge in [-0.25, -0.2) is 4.98 Å². The average molecular weight is 494 g/mol. The summed E-state index contributed by atoms with van der Waals surface area (Å²) in [5.41, 5.74) is 2.69. The predicted octanol–water partition coefficient (Wildman–Crippen LogP) is 4.05. The molecule has 0 amide bonds. The van der Waals surface area contributed by atoms with Gasteiger partial charge in [0.15, 0.2) is 17.0 Å². The number of nitrogens with zero attached hydrogens (tertiary/aromatic N) is 4. The van der Waals surface area contributed by atoms with Crippen LogP contribution >= 0.6 is 22.6 Å². The maximum atomic E-state index is 9.67. The number of aliphatic hydroxyl groups excluding tert-OH is 1. The fourth-order valence-corrected chi connectivity index (χ4v) is 3.51. The molecule has 3 aromatic rings. The van der Waals surface area contributed by atoms with Crippen LogP contribution in [0.25, 0.3) is 11.2 Å². The molecular formula is C20H27IN6O. The number of aliphatic hydroxyl groups is 1. The lowest BCUT2D eigenvalue weighted by Crippen LogP contribution is -2.30. The zero-order valence-electron chi connectivity index (χ0n) is 16.6. The van der Waals surface area contributed by atoms with Crippen molar-refractivity contribution in [2.24, 2.45) is 5.92 Å². The van der Waals surface area contributed by atoms with Crippen molar-refractivity contribution in [1.29, 1.82) is 0 Å². The molecule has 2 heterocycles. The first-order valence-corrected chi connectivity index (χ1v) is 10.6. The van der Waals surface area contributed by atoms with Gasteiger partial charge >= 0.3 is 0 Å². The van der Waals surface area contributed by atoms with Crippen LogP contribution in [0, 0.1) is 9.49 Å². The Bertz CT molecular complexity index is 940. The Morgan fingerprint density at radius 1 is 1.18 bits per heavy atom. The van der Waals surface area contributed by atoms with Crippen LogP contribution in [0.5, 0.6) is 0 Å². The van der Waals surface area contributed by atoms with Crippen LogP contribution in [-0.2, 0) is 6.54 Å². The fourth-order valence-electron chi connectivity index (χ4n) is 2.90. The minimum Gasteiger partial charge on any atom is -0.394 e. The fraction of sp³-hybridized carbons (Fsp3) is 0.450. The zero-order valence-corrected chi connectivity index (χ0v) is 18.8. The van der Waals surface area contributed by atoms with Gasteiger partial charge in [0.05, 0.1) is 19.0 Å². The van der Waals surface area contributed by atoms with E-state index in [1.54, 1.807) is 6.33 Å². The van der Waals surface area contributed by atoms with E-state index in [1.165, 1.54) is 9.13 Å². The molecule has 150 valence electrons. The second-order valence-electron chi connectivity index (χ2n) is 7.47. The van der Waals surface area contributed by atoms with Gasteiger partial charge in [-0.1, -0.05) is 26.0 Å². The highest BCUT2D eigenvalue weighted by atomic mass is 127. The standard InChI is InChI=1S/C20H27IN6O/c1-12(2)16(10-28)24-20-25-18(22-9-14-6-5-7-15(21)8-14)17-19(26-20)27(11-23-17)13(3)4/h5-8,11-13,16,28H,9-10H2,1-4H3,(H2,22,24,25,26)/t16-/m0/s1. The normalized spacial score (nSPS) is 12.7. The lowest BCUT2D eigenvalue weighted by molar-refractivity contribution is 0.248. The number of benzene rings is 1. The van der Waals surface area contributed by atoms with Crippen LogP contribution in [0.3, 0.4) is 0 Å². The summed E-state index contributed by atoms with van der Waals surface area (Å²) < 4.78 is 3.22. The molecule has 1 aromatic carbocycles. The molecule has 0 aliphatic carbocycles. The van der Waals surface area contributed by atoms with Gasteiger partial charge in [0, 0.05) is 16.2 Å². The number of hydrogen-bond acceptors (Lipinski definition) is 6. The van der Waals surface area contributed by atoms with Crippen molar-refractivity contribution in [2.45, 2.75) is 46.3 Å². The van der Waals surface area contributed by atoms with Crippen LogP contribution in [0.1, 0.15) is 39.3 Å². The summed E-state index contributed by atoms with van der Waals surface area (Å²) in [5.74, 6) is 1.43. The summed E-state index contributed by atoms with van der Waals surface area (Å²) in [5, 5.41) is 16.4. The van der Waals surface area contributed by atoms with Crippen molar-refractivity contribution < 1.29 is 5.11 Å². The van der Waals surface area contributed by atoms with Crippen LogP contribution in [0.15, 0.2) is 30.6 Å². The third-order valence-corrected chi connectivity index (χ3v) is 5.31. The lowest BCUT2D eigenvalue weighted by Gasteiger charge is -2.20. The molecule has 0 bridgehead atoms. The molecule has 0 saturated carbocycles. The van der Waals surface area contributed by atoms with Crippen molar-refractivity contribution in [3.8, 4) is 0 Å². The molecule has 2 aromatic heterocycles. The summed E-state index contributed by atoms with van der Waals surface area (Å²) in [4.78, 5) is 13.9. The molecule has 0 saturated heterocycles. The topological polar surface area (TPSA) is 87.9 Å². The Kier molecular flexibility index (Phi) is 6.71. The maximum absolute atomic E-state index is 9.67. The molecule has 1 atom stereocenters. The lowest BCUT2D eigenvalue weighted by atomic mass is 10.1. The van der Waals surface area contributed by atoms with E-state index >= 15 is 0 Å². The SMILES string of the molecule is CC(C)[C@H](CO)Nc1nc(NCc2cccc(I)c2)c2ncn(C(C)C)c2n1. The van der Waals surface area contributed by atoms with Gasteiger partial charge in [0.2, 0.25) is 5.95 Å². The van der Waals surface area contributed by atoms with Crippen LogP contribution < -0.4 is 10.6 Å². The van der Waals surface area contributed by atoms with Crippen LogP contribution in [0.2, 0.25) is 0 Å². The van der Waals surface area contributed by atoms with Gasteiger partial charge in [-0.05, 0) is 60.1 Å². The molecule has 0 radical (unpaired) electrons.